The molecule has 0 amide bonds. The first-order valence-electron chi connectivity index (χ1n) is 5.94. The molecule has 1 aromatic heterocycles. The molecule has 0 atom stereocenters. The molecular weight excluding hydrogens is 246 g/mol. The largest absolute Gasteiger partial charge is 0.491 e. The van der Waals surface area contributed by atoms with Gasteiger partial charge in [-0.1, -0.05) is 23.4 Å². The summed E-state index contributed by atoms with van der Waals surface area (Å²) in [5.41, 5.74) is 1.52. The Bertz CT molecular complexity index is 566. The number of aryl methyl sites for hydroxylation is 1. The summed E-state index contributed by atoms with van der Waals surface area (Å²) in [4.78, 5) is 10.5. The smallest absolute Gasteiger partial charge is 0.309 e. The fraction of sp³-hybridized carbons (Fsp3) is 0.308. The fourth-order valence-corrected chi connectivity index (χ4v) is 1.65. The molecule has 2 aromatic rings. The van der Waals surface area contributed by atoms with Crippen LogP contribution < -0.4 is 4.74 Å². The molecule has 2 rings (SSSR count). The number of aromatic nitrogens is 3. The maximum absolute atomic E-state index is 10.5. The van der Waals surface area contributed by atoms with Crippen LogP contribution in [0.4, 0.5) is 0 Å². The molecule has 0 saturated carbocycles. The van der Waals surface area contributed by atoms with E-state index in [9.17, 15) is 4.79 Å². The highest BCUT2D eigenvalue weighted by Crippen LogP contribution is 2.15. The third kappa shape index (κ3) is 3.80. The van der Waals surface area contributed by atoms with E-state index in [2.05, 4.69) is 10.3 Å². The van der Waals surface area contributed by atoms with Crippen LogP contribution in [0, 0.1) is 6.92 Å². The lowest BCUT2D eigenvalue weighted by Gasteiger charge is -2.08. The lowest BCUT2D eigenvalue weighted by atomic mass is 10.2. The van der Waals surface area contributed by atoms with E-state index in [1.807, 2.05) is 31.2 Å². The Balaban J connectivity index is 1.84. The van der Waals surface area contributed by atoms with Crippen LogP contribution in [0.2, 0.25) is 0 Å². The first-order chi connectivity index (χ1) is 9.15. The third-order valence-corrected chi connectivity index (χ3v) is 2.59. The first-order valence-corrected chi connectivity index (χ1v) is 5.94. The van der Waals surface area contributed by atoms with Gasteiger partial charge in [-0.2, -0.15) is 0 Å². The topological polar surface area (TPSA) is 77.2 Å². The van der Waals surface area contributed by atoms with E-state index in [0.717, 1.165) is 11.3 Å². The molecule has 0 aliphatic heterocycles. The monoisotopic (exact) mass is 261 g/mol. The van der Waals surface area contributed by atoms with Gasteiger partial charge in [0.25, 0.3) is 0 Å². The van der Waals surface area contributed by atoms with Crippen molar-refractivity contribution in [3.63, 3.8) is 0 Å². The lowest BCUT2D eigenvalue weighted by molar-refractivity contribution is -0.136. The van der Waals surface area contributed by atoms with Crippen LogP contribution in [0.25, 0.3) is 0 Å². The Hall–Kier alpha value is -2.37. The maximum atomic E-state index is 10.5. The van der Waals surface area contributed by atoms with E-state index in [-0.39, 0.29) is 6.42 Å². The Morgan fingerprint density at radius 2 is 2.21 bits per heavy atom. The summed E-state index contributed by atoms with van der Waals surface area (Å²) in [6, 6.07) is 7.77. The average molecular weight is 261 g/mol. The summed E-state index contributed by atoms with van der Waals surface area (Å²) in [7, 11) is 0. The van der Waals surface area contributed by atoms with Gasteiger partial charge in [0.05, 0.1) is 18.7 Å². The van der Waals surface area contributed by atoms with Gasteiger partial charge in [0, 0.05) is 6.20 Å². The zero-order valence-corrected chi connectivity index (χ0v) is 10.6. The molecule has 0 fully saturated rings. The highest BCUT2D eigenvalue weighted by Gasteiger charge is 2.05. The van der Waals surface area contributed by atoms with Gasteiger partial charge < -0.3 is 9.84 Å². The van der Waals surface area contributed by atoms with E-state index >= 15 is 0 Å². The molecule has 19 heavy (non-hydrogen) atoms. The number of para-hydroxylation sites is 1. The fourth-order valence-electron chi connectivity index (χ4n) is 1.65. The number of carboxylic acids is 1. The van der Waals surface area contributed by atoms with Crippen molar-refractivity contribution in [2.24, 2.45) is 0 Å². The Kier molecular flexibility index (Phi) is 4.12. The minimum Gasteiger partial charge on any atom is -0.491 e. The number of rotatable bonds is 6. The normalized spacial score (nSPS) is 10.4. The first kappa shape index (κ1) is 13.1. The number of hydrogen-bond donors (Lipinski definition) is 1. The van der Waals surface area contributed by atoms with Crippen LogP contribution in [0.15, 0.2) is 30.5 Å². The van der Waals surface area contributed by atoms with Gasteiger partial charge in [0.15, 0.2) is 0 Å². The number of carboxylic acid groups (broad SMARTS) is 1. The number of aliphatic carboxylic acids is 1. The molecule has 0 saturated heterocycles. The quantitative estimate of drug-likeness (QED) is 0.847. The molecule has 0 aliphatic rings. The summed E-state index contributed by atoms with van der Waals surface area (Å²) >= 11 is 0. The zero-order chi connectivity index (χ0) is 13.7. The second-order valence-corrected chi connectivity index (χ2v) is 4.16. The predicted molar refractivity (Wildman–Crippen MR) is 68.0 cm³/mol. The van der Waals surface area contributed by atoms with Gasteiger partial charge in [0.1, 0.15) is 12.4 Å². The van der Waals surface area contributed by atoms with Crippen molar-refractivity contribution in [2.45, 2.75) is 19.9 Å². The van der Waals surface area contributed by atoms with Crippen molar-refractivity contribution >= 4 is 5.97 Å². The minimum absolute atomic E-state index is 0.112. The van der Waals surface area contributed by atoms with Gasteiger partial charge >= 0.3 is 5.97 Å². The molecule has 100 valence electrons. The number of nitrogens with zero attached hydrogens (tertiary/aromatic N) is 3. The zero-order valence-electron chi connectivity index (χ0n) is 10.6. The van der Waals surface area contributed by atoms with Crippen LogP contribution in [0.1, 0.15) is 11.3 Å². The Morgan fingerprint density at radius 1 is 1.42 bits per heavy atom. The van der Waals surface area contributed by atoms with E-state index in [1.54, 1.807) is 10.9 Å². The van der Waals surface area contributed by atoms with Crippen molar-refractivity contribution < 1.29 is 14.6 Å². The summed E-state index contributed by atoms with van der Waals surface area (Å²) in [6.45, 7) is 2.97. The number of carbonyl (C=O) groups is 1. The molecule has 0 radical (unpaired) electrons. The summed E-state index contributed by atoms with van der Waals surface area (Å²) in [5.74, 6) is -0.0726. The SMILES string of the molecule is Cc1ccccc1OCCn1cc(CC(=O)O)nn1. The second-order valence-electron chi connectivity index (χ2n) is 4.16. The third-order valence-electron chi connectivity index (χ3n) is 2.59. The number of ether oxygens (including phenoxy) is 1. The van der Waals surface area contributed by atoms with Gasteiger partial charge in [-0.3, -0.25) is 4.79 Å². The molecule has 0 aliphatic carbocycles. The second kappa shape index (κ2) is 5.99. The van der Waals surface area contributed by atoms with Crippen molar-refractivity contribution in [1.29, 1.82) is 0 Å². The van der Waals surface area contributed by atoms with Crippen molar-refractivity contribution in [3.8, 4) is 5.75 Å². The maximum Gasteiger partial charge on any atom is 0.309 e. The molecule has 0 unspecified atom stereocenters. The summed E-state index contributed by atoms with van der Waals surface area (Å²) in [5, 5.41) is 16.3. The Labute approximate surface area is 110 Å². The molecule has 1 N–H and O–H groups in total. The van der Waals surface area contributed by atoms with Crippen LogP contribution >= 0.6 is 0 Å². The van der Waals surface area contributed by atoms with Crippen LogP contribution in [-0.2, 0) is 17.8 Å². The molecular formula is C13H15N3O3. The van der Waals surface area contributed by atoms with Crippen LogP contribution in [0.5, 0.6) is 5.75 Å². The molecule has 0 bridgehead atoms. The van der Waals surface area contributed by atoms with Crippen molar-refractivity contribution in [3.05, 3.63) is 41.7 Å². The van der Waals surface area contributed by atoms with Crippen molar-refractivity contribution in [1.82, 2.24) is 15.0 Å². The standard InChI is InChI=1S/C13H15N3O3/c1-10-4-2-3-5-12(10)19-7-6-16-9-11(14-15-16)8-13(17)18/h2-5,9H,6-8H2,1H3,(H,17,18). The highest BCUT2D eigenvalue weighted by molar-refractivity contribution is 5.69. The predicted octanol–water partition coefficient (Wildman–Crippen LogP) is 1.29. The number of hydrogen-bond acceptors (Lipinski definition) is 4. The molecule has 6 heteroatoms. The van der Waals surface area contributed by atoms with E-state index in [1.165, 1.54) is 0 Å². The average Bonchev–Trinajstić information content (AvgIpc) is 2.78. The molecule has 1 aromatic carbocycles. The molecule has 1 heterocycles. The minimum atomic E-state index is -0.914. The molecule has 6 nitrogen and oxygen atoms in total. The highest BCUT2D eigenvalue weighted by atomic mass is 16.5. The van der Waals surface area contributed by atoms with Gasteiger partial charge in [-0.25, -0.2) is 4.68 Å². The molecule has 0 spiro atoms. The van der Waals surface area contributed by atoms with Gasteiger partial charge in [-0.05, 0) is 18.6 Å². The van der Waals surface area contributed by atoms with E-state index < -0.39 is 5.97 Å². The van der Waals surface area contributed by atoms with Gasteiger partial charge in [0.2, 0.25) is 0 Å². The Morgan fingerprint density at radius 3 is 2.95 bits per heavy atom. The van der Waals surface area contributed by atoms with Gasteiger partial charge in [-0.15, -0.1) is 5.10 Å². The summed E-state index contributed by atoms with van der Waals surface area (Å²) < 4.78 is 7.21. The van der Waals surface area contributed by atoms with Crippen LogP contribution in [0.3, 0.4) is 0 Å². The van der Waals surface area contributed by atoms with E-state index in [4.69, 9.17) is 9.84 Å². The summed E-state index contributed by atoms with van der Waals surface area (Å²) in [6.07, 6.45) is 1.51. The van der Waals surface area contributed by atoms with E-state index in [0.29, 0.717) is 18.8 Å². The lowest BCUT2D eigenvalue weighted by Crippen LogP contribution is -2.09. The number of benzene rings is 1. The van der Waals surface area contributed by atoms with Crippen LogP contribution in [-0.4, -0.2) is 32.7 Å². The van der Waals surface area contributed by atoms with Crippen molar-refractivity contribution in [2.75, 3.05) is 6.61 Å².